The average molecular weight is 306 g/mol. The molecule has 2 rings (SSSR count). The van der Waals surface area contributed by atoms with E-state index in [1.54, 1.807) is 48.5 Å². The zero-order valence-electron chi connectivity index (χ0n) is 11.3. The summed E-state index contributed by atoms with van der Waals surface area (Å²) in [5, 5.41) is 21.8. The van der Waals surface area contributed by atoms with Crippen LogP contribution in [0.1, 0.15) is 15.9 Å². The van der Waals surface area contributed by atoms with Gasteiger partial charge in [-0.05, 0) is 36.2 Å². The summed E-state index contributed by atoms with van der Waals surface area (Å²) >= 11 is 5.97. The number of nitrogens with one attached hydrogen (secondary N) is 1. The number of phenolic OH excluding ortho intramolecular Hbond substituents is 1. The first kappa shape index (κ1) is 15.4. The van der Waals surface area contributed by atoms with Crippen LogP contribution >= 0.6 is 11.6 Å². The zero-order valence-corrected chi connectivity index (χ0v) is 12.0. The summed E-state index contributed by atoms with van der Waals surface area (Å²) in [4.78, 5) is 12.1. The Morgan fingerprint density at radius 1 is 1.14 bits per heavy atom. The Hall–Kier alpha value is -2.04. The van der Waals surface area contributed by atoms with Gasteiger partial charge >= 0.3 is 0 Å². The van der Waals surface area contributed by atoms with Gasteiger partial charge in [0.25, 0.3) is 5.91 Å². The Kier molecular flexibility index (Phi) is 5.20. The topological polar surface area (TPSA) is 69.6 Å². The van der Waals surface area contributed by atoms with E-state index in [2.05, 4.69) is 5.32 Å². The van der Waals surface area contributed by atoms with E-state index in [0.717, 1.165) is 5.56 Å². The van der Waals surface area contributed by atoms with Crippen molar-refractivity contribution >= 4 is 17.5 Å². The van der Waals surface area contributed by atoms with Gasteiger partial charge in [0.15, 0.2) is 0 Å². The van der Waals surface area contributed by atoms with Crippen molar-refractivity contribution in [3.8, 4) is 5.75 Å². The first-order valence-corrected chi connectivity index (χ1v) is 6.92. The van der Waals surface area contributed by atoms with Crippen LogP contribution in [0.4, 0.5) is 0 Å². The molecule has 0 saturated heterocycles. The molecular formula is C16H16ClNO3. The summed E-state index contributed by atoms with van der Waals surface area (Å²) < 4.78 is 0. The number of aliphatic hydroxyl groups excluding tert-OH is 1. The second-order valence-corrected chi connectivity index (χ2v) is 5.11. The van der Waals surface area contributed by atoms with Gasteiger partial charge in [0.1, 0.15) is 5.75 Å². The van der Waals surface area contributed by atoms with E-state index < -0.39 is 6.04 Å². The number of benzene rings is 2. The molecule has 3 N–H and O–H groups in total. The molecule has 0 bridgehead atoms. The van der Waals surface area contributed by atoms with Crippen molar-refractivity contribution in [2.45, 2.75) is 12.5 Å². The Labute approximate surface area is 128 Å². The van der Waals surface area contributed by atoms with Gasteiger partial charge in [0.2, 0.25) is 0 Å². The normalized spacial score (nSPS) is 11.9. The average Bonchev–Trinajstić information content (AvgIpc) is 2.49. The fourth-order valence-electron chi connectivity index (χ4n) is 1.99. The highest BCUT2D eigenvalue weighted by atomic mass is 35.5. The molecule has 1 amide bonds. The van der Waals surface area contributed by atoms with Crippen LogP contribution in [0.25, 0.3) is 0 Å². The van der Waals surface area contributed by atoms with Crippen LogP contribution in [-0.2, 0) is 6.42 Å². The largest absolute Gasteiger partial charge is 0.508 e. The molecule has 0 heterocycles. The van der Waals surface area contributed by atoms with E-state index in [1.165, 1.54) is 0 Å². The van der Waals surface area contributed by atoms with E-state index in [4.69, 9.17) is 11.6 Å². The van der Waals surface area contributed by atoms with Gasteiger partial charge in [-0.3, -0.25) is 4.79 Å². The van der Waals surface area contributed by atoms with E-state index >= 15 is 0 Å². The lowest BCUT2D eigenvalue weighted by Gasteiger charge is -2.17. The predicted molar refractivity (Wildman–Crippen MR) is 81.6 cm³/mol. The molecule has 5 heteroatoms. The van der Waals surface area contributed by atoms with Crippen molar-refractivity contribution in [3.63, 3.8) is 0 Å². The zero-order chi connectivity index (χ0) is 15.2. The Morgan fingerprint density at radius 2 is 1.81 bits per heavy atom. The molecule has 4 nitrogen and oxygen atoms in total. The maximum atomic E-state index is 12.1. The van der Waals surface area contributed by atoms with Crippen LogP contribution in [0, 0.1) is 0 Å². The van der Waals surface area contributed by atoms with Gasteiger partial charge in [-0.25, -0.2) is 0 Å². The number of rotatable bonds is 5. The first-order chi connectivity index (χ1) is 10.1. The van der Waals surface area contributed by atoms with Gasteiger partial charge in [-0.1, -0.05) is 35.9 Å². The van der Waals surface area contributed by atoms with E-state index in [-0.39, 0.29) is 18.3 Å². The number of halogens is 1. The minimum absolute atomic E-state index is 0.180. The van der Waals surface area contributed by atoms with Crippen LogP contribution in [0.2, 0.25) is 5.02 Å². The van der Waals surface area contributed by atoms with Gasteiger partial charge in [-0.2, -0.15) is 0 Å². The molecule has 0 aliphatic rings. The molecule has 21 heavy (non-hydrogen) atoms. The lowest BCUT2D eigenvalue weighted by molar-refractivity contribution is 0.0916. The second kappa shape index (κ2) is 7.11. The van der Waals surface area contributed by atoms with Gasteiger partial charge in [-0.15, -0.1) is 0 Å². The van der Waals surface area contributed by atoms with E-state index in [1.807, 2.05) is 0 Å². The van der Waals surface area contributed by atoms with Crippen LogP contribution < -0.4 is 5.32 Å². The summed E-state index contributed by atoms with van der Waals surface area (Å²) in [7, 11) is 0. The van der Waals surface area contributed by atoms with Crippen molar-refractivity contribution in [3.05, 3.63) is 64.7 Å². The molecule has 0 radical (unpaired) electrons. The number of carbonyl (C=O) groups is 1. The predicted octanol–water partition coefficient (Wildman–Crippen LogP) is 2.38. The Morgan fingerprint density at radius 3 is 2.43 bits per heavy atom. The minimum Gasteiger partial charge on any atom is -0.508 e. The van der Waals surface area contributed by atoms with Crippen LogP contribution in [0.15, 0.2) is 48.5 Å². The van der Waals surface area contributed by atoms with Crippen molar-refractivity contribution in [2.24, 2.45) is 0 Å². The first-order valence-electron chi connectivity index (χ1n) is 6.54. The maximum Gasteiger partial charge on any atom is 0.253 e. The summed E-state index contributed by atoms with van der Waals surface area (Å²) in [6.45, 7) is -0.183. The fourth-order valence-corrected chi connectivity index (χ4v) is 2.21. The number of carbonyl (C=O) groups excluding carboxylic acids is 1. The summed E-state index contributed by atoms with van der Waals surface area (Å²) in [6.07, 6.45) is 0.465. The second-order valence-electron chi connectivity index (χ2n) is 4.70. The summed E-state index contributed by atoms with van der Waals surface area (Å²) in [6, 6.07) is 13.0. The minimum atomic E-state index is -0.418. The van der Waals surface area contributed by atoms with Crippen molar-refractivity contribution in [1.29, 1.82) is 0 Å². The van der Waals surface area contributed by atoms with Gasteiger partial charge in [0, 0.05) is 0 Å². The molecular weight excluding hydrogens is 290 g/mol. The third-order valence-electron chi connectivity index (χ3n) is 3.09. The lowest BCUT2D eigenvalue weighted by Crippen LogP contribution is -2.39. The van der Waals surface area contributed by atoms with E-state index in [9.17, 15) is 15.0 Å². The molecule has 2 aromatic carbocycles. The molecule has 1 unspecified atom stereocenters. The van der Waals surface area contributed by atoms with Crippen molar-refractivity contribution in [2.75, 3.05) is 6.61 Å². The summed E-state index contributed by atoms with van der Waals surface area (Å²) in [5.41, 5.74) is 1.29. The molecule has 0 spiro atoms. The molecule has 0 aromatic heterocycles. The monoisotopic (exact) mass is 305 g/mol. The molecule has 0 aliphatic heterocycles. The lowest BCUT2D eigenvalue weighted by atomic mass is 10.1. The highest BCUT2D eigenvalue weighted by Crippen LogP contribution is 2.15. The fraction of sp³-hybridized carbons (Fsp3) is 0.188. The number of aromatic hydroxyl groups is 1. The standard InChI is InChI=1S/C16H16ClNO3/c17-15-4-2-1-3-14(15)16(21)18-12(10-19)9-11-5-7-13(20)8-6-11/h1-8,12,19-20H,9-10H2,(H,18,21). The Bertz CT molecular complexity index is 613. The van der Waals surface area contributed by atoms with E-state index in [0.29, 0.717) is 17.0 Å². The number of aliphatic hydroxyl groups is 1. The molecule has 0 saturated carbocycles. The van der Waals surface area contributed by atoms with Crippen LogP contribution in [-0.4, -0.2) is 28.8 Å². The third-order valence-corrected chi connectivity index (χ3v) is 3.42. The van der Waals surface area contributed by atoms with Gasteiger partial charge < -0.3 is 15.5 Å². The SMILES string of the molecule is O=C(NC(CO)Cc1ccc(O)cc1)c1ccccc1Cl. The molecule has 0 fully saturated rings. The highest BCUT2D eigenvalue weighted by molar-refractivity contribution is 6.33. The maximum absolute atomic E-state index is 12.1. The molecule has 0 aliphatic carbocycles. The number of amides is 1. The molecule has 2 aromatic rings. The smallest absolute Gasteiger partial charge is 0.253 e. The Balaban J connectivity index is 2.04. The quantitative estimate of drug-likeness (QED) is 0.794. The molecule has 110 valence electrons. The molecule has 1 atom stereocenters. The summed E-state index contributed by atoms with van der Waals surface area (Å²) in [5.74, 6) is -0.141. The van der Waals surface area contributed by atoms with Crippen LogP contribution in [0.3, 0.4) is 0 Å². The number of hydrogen-bond donors (Lipinski definition) is 3. The highest BCUT2D eigenvalue weighted by Gasteiger charge is 2.15. The van der Waals surface area contributed by atoms with Crippen LogP contribution in [0.5, 0.6) is 5.75 Å². The van der Waals surface area contributed by atoms with Crippen molar-refractivity contribution < 1.29 is 15.0 Å². The van der Waals surface area contributed by atoms with Gasteiger partial charge in [0.05, 0.1) is 23.2 Å². The number of hydrogen-bond acceptors (Lipinski definition) is 3. The third kappa shape index (κ3) is 4.21. The van der Waals surface area contributed by atoms with Crippen molar-refractivity contribution in [1.82, 2.24) is 5.32 Å². The number of phenols is 1.